The van der Waals surface area contributed by atoms with Crippen LogP contribution in [0.2, 0.25) is 0 Å². The smallest absolute Gasteiger partial charge is 0.310 e. The van der Waals surface area contributed by atoms with Crippen LogP contribution in [0.3, 0.4) is 0 Å². The van der Waals surface area contributed by atoms with Gasteiger partial charge in [0.2, 0.25) is 0 Å². The minimum Gasteiger partial charge on any atom is -0.314 e. The van der Waals surface area contributed by atoms with Crippen molar-refractivity contribution < 1.29 is 28.6 Å². The van der Waals surface area contributed by atoms with Crippen LogP contribution in [0.4, 0.5) is 0 Å². The molecular weight excluding hydrogens is 481 g/mol. The van der Waals surface area contributed by atoms with Crippen LogP contribution < -0.4 is 0 Å². The Hall–Kier alpha value is 1.51. The molecule has 0 saturated heterocycles. The maximum Gasteiger partial charge on any atom is 0.310 e. The molecule has 0 aliphatic rings. The average molecular weight is 532 g/mol. The molecule has 0 aliphatic carbocycles. The zero-order chi connectivity index (χ0) is 21.5. The SMILES string of the molecule is CCCCCCCCCCCCOP(=O)(S)SCCCCCCCCCCCC.[Zn]. The summed E-state index contributed by atoms with van der Waals surface area (Å²) in [6.45, 7) is 5.13. The van der Waals surface area contributed by atoms with Crippen LogP contribution in [0.1, 0.15) is 142 Å². The topological polar surface area (TPSA) is 26.3 Å². The summed E-state index contributed by atoms with van der Waals surface area (Å²) in [7, 11) is 0. The monoisotopic (exact) mass is 530 g/mol. The van der Waals surface area contributed by atoms with Crippen molar-refractivity contribution in [2.45, 2.75) is 142 Å². The molecule has 0 bridgehead atoms. The summed E-state index contributed by atoms with van der Waals surface area (Å²) in [6.07, 6.45) is 26.4. The standard InChI is InChI=1S/C24H51O2PS2.Zn/c1-3-5-7-9-11-13-15-17-19-21-23-26-27(25,28)29-24-22-20-18-16-14-12-10-8-6-4-2;/h3-24H2,1-2H3,(H,25,28);. The summed E-state index contributed by atoms with van der Waals surface area (Å²) in [5.41, 5.74) is 0. The van der Waals surface area contributed by atoms with Gasteiger partial charge in [-0.2, -0.15) is 0 Å². The maximum atomic E-state index is 12.3. The molecular formula is C24H51O2PS2Zn. The van der Waals surface area contributed by atoms with Crippen molar-refractivity contribution in [2.24, 2.45) is 0 Å². The van der Waals surface area contributed by atoms with Gasteiger partial charge in [-0.3, -0.25) is 4.57 Å². The second kappa shape index (κ2) is 26.8. The van der Waals surface area contributed by atoms with Gasteiger partial charge in [0, 0.05) is 25.2 Å². The normalized spacial score (nSPS) is 13.2. The second-order valence-electron chi connectivity index (χ2n) is 8.50. The Labute approximate surface area is 211 Å². The van der Waals surface area contributed by atoms with Crippen molar-refractivity contribution in [3.05, 3.63) is 0 Å². The number of hydrogen-bond acceptors (Lipinski definition) is 3. The number of hydrogen-bond donors (Lipinski definition) is 1. The zero-order valence-corrected chi connectivity index (χ0v) is 26.0. The van der Waals surface area contributed by atoms with Gasteiger partial charge in [-0.15, -0.1) is 0 Å². The first-order valence-corrected chi connectivity index (χ1v) is 17.1. The second-order valence-corrected chi connectivity index (χ2v) is 15.0. The first kappa shape index (κ1) is 33.7. The third-order valence-electron chi connectivity index (χ3n) is 5.50. The molecule has 0 radical (unpaired) electrons. The molecule has 0 aromatic heterocycles. The molecule has 0 saturated carbocycles. The molecule has 0 amide bonds. The Morgan fingerprint density at radius 3 is 1.33 bits per heavy atom. The first-order chi connectivity index (χ1) is 14.1. The molecule has 1 unspecified atom stereocenters. The van der Waals surface area contributed by atoms with E-state index in [0.717, 1.165) is 18.6 Å². The van der Waals surface area contributed by atoms with Gasteiger partial charge in [-0.1, -0.05) is 153 Å². The minimum atomic E-state index is -2.74. The van der Waals surface area contributed by atoms with Crippen molar-refractivity contribution in [2.75, 3.05) is 12.4 Å². The van der Waals surface area contributed by atoms with Crippen molar-refractivity contribution >= 4 is 29.4 Å². The van der Waals surface area contributed by atoms with Crippen LogP contribution in [0.5, 0.6) is 0 Å². The largest absolute Gasteiger partial charge is 0.314 e. The van der Waals surface area contributed by atoms with Gasteiger partial charge in [0.05, 0.1) is 6.61 Å². The molecule has 0 aliphatic heterocycles. The van der Waals surface area contributed by atoms with Gasteiger partial charge in [-0.05, 0) is 12.8 Å². The first-order valence-electron chi connectivity index (χ1n) is 12.7. The van der Waals surface area contributed by atoms with Gasteiger partial charge in [-0.25, -0.2) is 0 Å². The molecule has 0 aromatic carbocycles. The predicted octanol–water partition coefficient (Wildman–Crippen LogP) is 10.6. The van der Waals surface area contributed by atoms with E-state index in [0.29, 0.717) is 6.61 Å². The van der Waals surface area contributed by atoms with Crippen LogP contribution >= 0.6 is 29.4 Å². The van der Waals surface area contributed by atoms with Crippen LogP contribution in [-0.2, 0) is 28.6 Å². The van der Waals surface area contributed by atoms with Crippen molar-refractivity contribution in [3.8, 4) is 0 Å². The fourth-order valence-corrected chi connectivity index (χ4v) is 7.08. The molecule has 30 heavy (non-hydrogen) atoms. The Morgan fingerprint density at radius 1 is 0.600 bits per heavy atom. The van der Waals surface area contributed by atoms with Crippen molar-refractivity contribution in [1.29, 1.82) is 0 Å². The van der Waals surface area contributed by atoms with Gasteiger partial charge < -0.3 is 4.52 Å². The van der Waals surface area contributed by atoms with E-state index < -0.39 is 5.77 Å². The van der Waals surface area contributed by atoms with E-state index in [1.54, 1.807) is 0 Å². The number of unbranched alkanes of at least 4 members (excludes halogenated alkanes) is 18. The van der Waals surface area contributed by atoms with Crippen LogP contribution in [0.15, 0.2) is 0 Å². The van der Waals surface area contributed by atoms with E-state index in [1.807, 2.05) is 0 Å². The molecule has 0 fully saturated rings. The fourth-order valence-electron chi connectivity index (χ4n) is 3.58. The third kappa shape index (κ3) is 27.5. The van der Waals surface area contributed by atoms with Gasteiger partial charge in [0.25, 0.3) is 0 Å². The van der Waals surface area contributed by atoms with Crippen LogP contribution in [-0.4, -0.2) is 12.4 Å². The van der Waals surface area contributed by atoms with Gasteiger partial charge in [0.15, 0.2) is 0 Å². The molecule has 1 atom stereocenters. The summed E-state index contributed by atoms with van der Waals surface area (Å²) >= 11 is 5.72. The third-order valence-corrected chi connectivity index (χ3v) is 10.0. The van der Waals surface area contributed by atoms with E-state index in [1.165, 1.54) is 127 Å². The zero-order valence-electron chi connectivity index (χ0n) is 20.4. The van der Waals surface area contributed by atoms with E-state index in [4.69, 9.17) is 4.52 Å². The molecule has 2 nitrogen and oxygen atoms in total. The van der Waals surface area contributed by atoms with Gasteiger partial charge >= 0.3 is 5.77 Å². The van der Waals surface area contributed by atoms with Crippen molar-refractivity contribution in [1.82, 2.24) is 0 Å². The molecule has 0 rings (SSSR count). The molecule has 178 valence electrons. The molecule has 0 spiro atoms. The van der Waals surface area contributed by atoms with E-state index in [2.05, 4.69) is 26.1 Å². The maximum absolute atomic E-state index is 12.3. The number of rotatable bonds is 24. The Morgan fingerprint density at radius 2 is 0.933 bits per heavy atom. The Kier molecular flexibility index (Phi) is 30.1. The van der Waals surface area contributed by atoms with Crippen LogP contribution in [0.25, 0.3) is 0 Å². The fraction of sp³-hybridized carbons (Fsp3) is 1.00. The van der Waals surface area contributed by atoms with Gasteiger partial charge in [0.1, 0.15) is 0 Å². The summed E-state index contributed by atoms with van der Waals surface area (Å²) in [4.78, 5) is 0. The molecule has 0 aromatic rings. The Balaban J connectivity index is 0. The van der Waals surface area contributed by atoms with Crippen LogP contribution in [0, 0.1) is 0 Å². The Bertz CT molecular complexity index is 343. The molecule has 6 heteroatoms. The summed E-state index contributed by atoms with van der Waals surface area (Å²) < 4.78 is 17.9. The van der Waals surface area contributed by atoms with Crippen molar-refractivity contribution in [3.63, 3.8) is 0 Å². The molecule has 0 heterocycles. The summed E-state index contributed by atoms with van der Waals surface area (Å²) in [5.74, 6) is -1.82. The number of thiol groups is 1. The summed E-state index contributed by atoms with van der Waals surface area (Å²) in [6, 6.07) is 0. The summed E-state index contributed by atoms with van der Waals surface area (Å²) in [5, 5.41) is 0. The average Bonchev–Trinajstić information content (AvgIpc) is 2.70. The predicted molar refractivity (Wildman–Crippen MR) is 139 cm³/mol. The minimum absolute atomic E-state index is 0. The van der Waals surface area contributed by atoms with E-state index in [-0.39, 0.29) is 19.5 Å². The van der Waals surface area contributed by atoms with E-state index in [9.17, 15) is 4.57 Å². The molecule has 0 N–H and O–H groups in total. The quantitative estimate of drug-likeness (QED) is 0.0580. The van der Waals surface area contributed by atoms with E-state index >= 15 is 0 Å².